The van der Waals surface area contributed by atoms with Crippen LogP contribution in [0, 0.1) is 11.7 Å². The van der Waals surface area contributed by atoms with Crippen LogP contribution in [0.1, 0.15) is 30.0 Å². The number of hydrogen-bond acceptors (Lipinski definition) is 5. The van der Waals surface area contributed by atoms with Crippen LogP contribution in [0.25, 0.3) is 11.1 Å². The van der Waals surface area contributed by atoms with Gasteiger partial charge in [0.05, 0.1) is 10.7 Å². The van der Waals surface area contributed by atoms with Gasteiger partial charge in [-0.1, -0.05) is 65.7 Å². The summed E-state index contributed by atoms with van der Waals surface area (Å²) >= 11 is 12.1. The maximum atomic E-state index is 13.5. The van der Waals surface area contributed by atoms with E-state index in [1.54, 1.807) is 6.07 Å². The fraction of sp³-hybridized carbons (Fsp3) is 0.281. The standard InChI is InChI=1S/C32H33Cl2FN4O/c33-26-5-3-4-25(18-26)22-7-9-23(10-8-22)29(20-37-32(40)38-27-11-12-31(35)30(34)19-27)24-13-16-39(17-14-24)21-28-6-1-2-15-36-28/h1-12,15,18-19,24,29,32,37-38,40H,13-14,16-17,20-21H2. The van der Waals surface area contributed by atoms with Crippen LogP contribution in [0.15, 0.2) is 91.1 Å². The monoisotopic (exact) mass is 578 g/mol. The molecule has 4 aromatic rings. The molecular weight excluding hydrogens is 546 g/mol. The second-order valence-electron chi connectivity index (χ2n) is 10.3. The quantitative estimate of drug-likeness (QED) is 0.174. The number of aliphatic hydroxyl groups is 1. The summed E-state index contributed by atoms with van der Waals surface area (Å²) in [7, 11) is 0. The Morgan fingerprint density at radius 1 is 0.925 bits per heavy atom. The molecule has 40 heavy (non-hydrogen) atoms. The van der Waals surface area contributed by atoms with Gasteiger partial charge in [0.25, 0.3) is 0 Å². The van der Waals surface area contributed by atoms with E-state index in [0.717, 1.165) is 49.3 Å². The lowest BCUT2D eigenvalue weighted by atomic mass is 9.79. The first-order valence-electron chi connectivity index (χ1n) is 13.6. The smallest absolute Gasteiger partial charge is 0.181 e. The maximum Gasteiger partial charge on any atom is 0.181 e. The topological polar surface area (TPSA) is 60.4 Å². The summed E-state index contributed by atoms with van der Waals surface area (Å²) in [4.78, 5) is 6.94. The molecule has 0 aliphatic carbocycles. The van der Waals surface area contributed by atoms with Crippen LogP contribution in [0.3, 0.4) is 0 Å². The van der Waals surface area contributed by atoms with Crippen molar-refractivity contribution in [2.45, 2.75) is 31.7 Å². The molecule has 1 aliphatic rings. The molecule has 2 atom stereocenters. The van der Waals surface area contributed by atoms with Crippen LogP contribution < -0.4 is 10.6 Å². The molecule has 1 aliphatic heterocycles. The fourth-order valence-electron chi connectivity index (χ4n) is 5.42. The second-order valence-corrected chi connectivity index (χ2v) is 11.1. The number of benzene rings is 3. The van der Waals surface area contributed by atoms with Gasteiger partial charge < -0.3 is 10.4 Å². The SMILES string of the molecule is OC(NCC(c1ccc(-c2cccc(Cl)c2)cc1)C1CCN(Cc2ccccn2)CC1)Nc1ccc(F)c(Cl)c1. The minimum absolute atomic E-state index is 0.00679. The Bertz CT molecular complexity index is 1380. The van der Waals surface area contributed by atoms with Crippen molar-refractivity contribution in [1.82, 2.24) is 15.2 Å². The number of nitrogens with zero attached hydrogens (tertiary/aromatic N) is 2. The molecular formula is C32H33Cl2FN4O. The van der Waals surface area contributed by atoms with Crippen molar-refractivity contribution in [1.29, 1.82) is 0 Å². The number of hydrogen-bond donors (Lipinski definition) is 3. The van der Waals surface area contributed by atoms with Gasteiger partial charge in [-0.15, -0.1) is 0 Å². The highest BCUT2D eigenvalue weighted by molar-refractivity contribution is 6.31. The van der Waals surface area contributed by atoms with E-state index in [0.29, 0.717) is 23.2 Å². The van der Waals surface area contributed by atoms with Crippen LogP contribution in [0.5, 0.6) is 0 Å². The van der Waals surface area contributed by atoms with Crippen LogP contribution in [-0.2, 0) is 6.54 Å². The van der Waals surface area contributed by atoms with Crippen LogP contribution >= 0.6 is 23.2 Å². The van der Waals surface area contributed by atoms with E-state index in [1.807, 2.05) is 36.5 Å². The van der Waals surface area contributed by atoms with Gasteiger partial charge in [-0.25, -0.2) is 4.39 Å². The molecule has 0 radical (unpaired) electrons. The van der Waals surface area contributed by atoms with Crippen molar-refractivity contribution < 1.29 is 9.50 Å². The van der Waals surface area contributed by atoms with Gasteiger partial charge in [0, 0.05) is 30.0 Å². The molecule has 5 nitrogen and oxygen atoms in total. The Labute approximate surface area is 245 Å². The van der Waals surface area contributed by atoms with Gasteiger partial charge >= 0.3 is 0 Å². The third-order valence-corrected chi connectivity index (χ3v) is 8.09. The number of nitrogens with one attached hydrogen (secondary N) is 2. The first-order valence-corrected chi connectivity index (χ1v) is 14.3. The molecule has 0 spiro atoms. The van der Waals surface area contributed by atoms with Crippen molar-refractivity contribution in [2.24, 2.45) is 5.92 Å². The molecule has 2 unspecified atom stereocenters. The van der Waals surface area contributed by atoms with Crippen molar-refractivity contribution in [2.75, 3.05) is 25.0 Å². The summed E-state index contributed by atoms with van der Waals surface area (Å²) in [6, 6.07) is 26.8. The molecule has 8 heteroatoms. The molecule has 1 fully saturated rings. The summed E-state index contributed by atoms with van der Waals surface area (Å²) in [5, 5.41) is 17.6. The largest absolute Gasteiger partial charge is 0.361 e. The third kappa shape index (κ3) is 7.59. The van der Waals surface area contributed by atoms with E-state index in [4.69, 9.17) is 23.2 Å². The number of aromatic nitrogens is 1. The minimum Gasteiger partial charge on any atom is -0.361 e. The average molecular weight is 580 g/mol. The van der Waals surface area contributed by atoms with Crippen molar-refractivity contribution in [3.05, 3.63) is 118 Å². The number of pyridine rings is 1. The van der Waals surface area contributed by atoms with Gasteiger partial charge in [-0.05, 0) is 96.9 Å². The van der Waals surface area contributed by atoms with Crippen LogP contribution in [0.2, 0.25) is 10.0 Å². The predicted octanol–water partition coefficient (Wildman–Crippen LogP) is 7.17. The summed E-state index contributed by atoms with van der Waals surface area (Å²) in [6.45, 7) is 3.42. The van der Waals surface area contributed by atoms with Crippen molar-refractivity contribution in [3.8, 4) is 11.1 Å². The fourth-order valence-corrected chi connectivity index (χ4v) is 5.79. The molecule has 0 bridgehead atoms. The summed E-state index contributed by atoms with van der Waals surface area (Å²) in [6.07, 6.45) is 2.92. The molecule has 3 aromatic carbocycles. The Balaban J connectivity index is 1.28. The van der Waals surface area contributed by atoms with E-state index in [1.165, 1.54) is 17.7 Å². The molecule has 5 rings (SSSR count). The lowest BCUT2D eigenvalue weighted by molar-refractivity contribution is 0.137. The van der Waals surface area contributed by atoms with Crippen LogP contribution in [0.4, 0.5) is 10.1 Å². The van der Waals surface area contributed by atoms with Gasteiger partial charge in [-0.3, -0.25) is 15.2 Å². The molecule has 0 amide bonds. The van der Waals surface area contributed by atoms with Gasteiger partial charge in [-0.2, -0.15) is 0 Å². The second kappa shape index (κ2) is 13.6. The lowest BCUT2D eigenvalue weighted by Gasteiger charge is -2.37. The number of halogens is 3. The highest BCUT2D eigenvalue weighted by Crippen LogP contribution is 2.34. The maximum absolute atomic E-state index is 13.5. The molecule has 1 aromatic heterocycles. The number of rotatable bonds is 10. The first-order chi connectivity index (χ1) is 19.4. The zero-order valence-electron chi connectivity index (χ0n) is 22.1. The number of piperidine rings is 1. The molecule has 3 N–H and O–H groups in total. The normalized spacial score (nSPS) is 16.0. The van der Waals surface area contributed by atoms with Gasteiger partial charge in [0.15, 0.2) is 6.35 Å². The zero-order valence-corrected chi connectivity index (χ0v) is 23.6. The summed E-state index contributed by atoms with van der Waals surface area (Å²) < 4.78 is 13.5. The van der Waals surface area contributed by atoms with E-state index >= 15 is 0 Å². The van der Waals surface area contributed by atoms with E-state index in [2.05, 4.69) is 56.9 Å². The van der Waals surface area contributed by atoms with E-state index in [-0.39, 0.29) is 10.9 Å². The Kier molecular flexibility index (Phi) is 9.68. The van der Waals surface area contributed by atoms with E-state index < -0.39 is 12.2 Å². The molecule has 208 valence electrons. The van der Waals surface area contributed by atoms with Crippen LogP contribution in [-0.4, -0.2) is 41.0 Å². The van der Waals surface area contributed by atoms with Gasteiger partial charge in [0.2, 0.25) is 0 Å². The molecule has 1 saturated heterocycles. The Hall–Kier alpha value is -3.00. The Morgan fingerprint density at radius 3 is 2.42 bits per heavy atom. The zero-order chi connectivity index (χ0) is 27.9. The number of aliphatic hydroxyl groups excluding tert-OH is 1. The third-order valence-electron chi connectivity index (χ3n) is 7.56. The average Bonchev–Trinajstić information content (AvgIpc) is 2.97. The van der Waals surface area contributed by atoms with E-state index in [9.17, 15) is 9.50 Å². The number of anilines is 1. The highest BCUT2D eigenvalue weighted by Gasteiger charge is 2.28. The molecule has 2 heterocycles. The molecule has 0 saturated carbocycles. The predicted molar refractivity (Wildman–Crippen MR) is 161 cm³/mol. The van der Waals surface area contributed by atoms with Crippen molar-refractivity contribution in [3.63, 3.8) is 0 Å². The minimum atomic E-state index is -1.01. The number of likely N-dealkylation sites (tertiary alicyclic amines) is 1. The van der Waals surface area contributed by atoms with Gasteiger partial charge in [0.1, 0.15) is 5.82 Å². The highest BCUT2D eigenvalue weighted by atomic mass is 35.5. The lowest BCUT2D eigenvalue weighted by Crippen LogP contribution is -2.42. The summed E-state index contributed by atoms with van der Waals surface area (Å²) in [5.41, 5.74) is 5.04. The summed E-state index contributed by atoms with van der Waals surface area (Å²) in [5.74, 6) is 0.140. The Morgan fingerprint density at radius 2 is 1.73 bits per heavy atom. The first kappa shape index (κ1) is 28.5. The van der Waals surface area contributed by atoms with Crippen molar-refractivity contribution >= 4 is 28.9 Å².